The summed E-state index contributed by atoms with van der Waals surface area (Å²) in [5.74, 6) is -0.103. The summed E-state index contributed by atoms with van der Waals surface area (Å²) < 4.78 is 13.5. The van der Waals surface area contributed by atoms with Gasteiger partial charge in [0.05, 0.1) is 0 Å². The largest absolute Gasteiger partial charge is 0.310 e. The molecule has 1 fully saturated rings. The number of hydrogen-bond acceptors (Lipinski definition) is 2. The number of halogens is 1. The second kappa shape index (κ2) is 6.49. The molecule has 0 unspecified atom stereocenters. The molecule has 0 saturated carbocycles. The lowest BCUT2D eigenvalue weighted by molar-refractivity contribution is 0.161. The van der Waals surface area contributed by atoms with Gasteiger partial charge in [-0.25, -0.2) is 4.39 Å². The molecule has 1 aromatic rings. The van der Waals surface area contributed by atoms with Crippen LogP contribution in [0.15, 0.2) is 18.2 Å². The fourth-order valence-corrected chi connectivity index (χ4v) is 2.63. The van der Waals surface area contributed by atoms with Gasteiger partial charge < -0.3 is 10.2 Å². The molecule has 0 bridgehead atoms. The Morgan fingerprint density at radius 2 is 2.00 bits per heavy atom. The fourth-order valence-electron chi connectivity index (χ4n) is 2.63. The molecule has 0 amide bonds. The highest BCUT2D eigenvalue weighted by atomic mass is 19.1. The second-order valence-electron chi connectivity index (χ2n) is 5.87. The van der Waals surface area contributed by atoms with Crippen LogP contribution in [0.5, 0.6) is 0 Å². The number of benzene rings is 1. The lowest BCUT2D eigenvalue weighted by atomic mass is 10.0. The van der Waals surface area contributed by atoms with Crippen LogP contribution in [0.2, 0.25) is 0 Å². The molecule has 106 valence electrons. The lowest BCUT2D eigenvalue weighted by Crippen LogP contribution is -2.44. The molecule has 3 heteroatoms. The predicted octanol–water partition coefficient (Wildman–Crippen LogP) is 3.10. The van der Waals surface area contributed by atoms with E-state index in [4.69, 9.17) is 0 Å². The minimum absolute atomic E-state index is 0.103. The Bertz CT molecular complexity index is 409. The maximum atomic E-state index is 13.5. The van der Waals surface area contributed by atoms with E-state index in [1.54, 1.807) is 13.0 Å². The molecular formula is C16H25FN2. The van der Waals surface area contributed by atoms with Crippen molar-refractivity contribution < 1.29 is 4.39 Å². The molecule has 0 radical (unpaired) electrons. The number of nitrogens with zero attached hydrogens (tertiary/aromatic N) is 1. The van der Waals surface area contributed by atoms with E-state index >= 15 is 0 Å². The maximum Gasteiger partial charge on any atom is 0.126 e. The lowest BCUT2D eigenvalue weighted by Gasteiger charge is -2.35. The molecule has 1 N–H and O–H groups in total. The van der Waals surface area contributed by atoms with E-state index in [0.717, 1.165) is 25.2 Å². The Balaban J connectivity index is 1.79. The van der Waals surface area contributed by atoms with Crippen molar-refractivity contribution in [2.75, 3.05) is 13.1 Å². The molecule has 2 nitrogen and oxygen atoms in total. The molecule has 19 heavy (non-hydrogen) atoms. The van der Waals surface area contributed by atoms with Crippen LogP contribution in [0.25, 0.3) is 0 Å². The van der Waals surface area contributed by atoms with E-state index in [-0.39, 0.29) is 5.82 Å². The summed E-state index contributed by atoms with van der Waals surface area (Å²) in [5, 5.41) is 3.55. The molecule has 1 aliphatic heterocycles. The zero-order valence-electron chi connectivity index (χ0n) is 12.2. The molecule has 2 rings (SSSR count). The van der Waals surface area contributed by atoms with Gasteiger partial charge in [-0.1, -0.05) is 12.1 Å². The summed E-state index contributed by atoms with van der Waals surface area (Å²) in [6.45, 7) is 9.40. The van der Waals surface area contributed by atoms with Crippen LogP contribution in [0.1, 0.15) is 37.8 Å². The van der Waals surface area contributed by atoms with Crippen LogP contribution >= 0.6 is 0 Å². The minimum atomic E-state index is -0.103. The van der Waals surface area contributed by atoms with Gasteiger partial charge in [-0.2, -0.15) is 0 Å². The molecule has 1 aliphatic rings. The van der Waals surface area contributed by atoms with Crippen LogP contribution < -0.4 is 5.32 Å². The fraction of sp³-hybridized carbons (Fsp3) is 0.625. The van der Waals surface area contributed by atoms with Crippen molar-refractivity contribution in [2.24, 2.45) is 0 Å². The Labute approximate surface area is 116 Å². The van der Waals surface area contributed by atoms with E-state index < -0.39 is 0 Å². The Kier molecular flexibility index (Phi) is 4.94. The molecule has 0 aliphatic carbocycles. The normalized spacial score (nSPS) is 18.2. The summed E-state index contributed by atoms with van der Waals surface area (Å²) in [5.41, 5.74) is 1.75. The second-order valence-corrected chi connectivity index (χ2v) is 5.87. The number of nitrogens with one attached hydrogen (secondary N) is 1. The summed E-state index contributed by atoms with van der Waals surface area (Å²) in [7, 11) is 0. The number of hydrogen-bond donors (Lipinski definition) is 1. The van der Waals surface area contributed by atoms with Crippen molar-refractivity contribution in [1.82, 2.24) is 10.2 Å². The summed E-state index contributed by atoms with van der Waals surface area (Å²) in [4.78, 5) is 2.52. The Hall–Kier alpha value is -0.930. The summed E-state index contributed by atoms with van der Waals surface area (Å²) in [6, 6.07) is 6.72. The van der Waals surface area contributed by atoms with Gasteiger partial charge in [0.25, 0.3) is 0 Å². The molecule has 1 aromatic carbocycles. The maximum absolute atomic E-state index is 13.5. The van der Waals surface area contributed by atoms with E-state index in [0.29, 0.717) is 17.6 Å². The van der Waals surface area contributed by atoms with E-state index in [1.165, 1.54) is 12.8 Å². The predicted molar refractivity (Wildman–Crippen MR) is 77.7 cm³/mol. The first-order valence-electron chi connectivity index (χ1n) is 7.28. The van der Waals surface area contributed by atoms with Crippen LogP contribution in [-0.2, 0) is 6.54 Å². The van der Waals surface area contributed by atoms with Crippen molar-refractivity contribution in [3.63, 3.8) is 0 Å². The van der Waals surface area contributed by atoms with Crippen molar-refractivity contribution >= 4 is 0 Å². The van der Waals surface area contributed by atoms with E-state index in [9.17, 15) is 4.39 Å². The van der Waals surface area contributed by atoms with Crippen molar-refractivity contribution in [3.8, 4) is 0 Å². The summed E-state index contributed by atoms with van der Waals surface area (Å²) in [6.07, 6.45) is 2.37. The van der Waals surface area contributed by atoms with Crippen LogP contribution in [0.3, 0.4) is 0 Å². The van der Waals surface area contributed by atoms with Gasteiger partial charge in [0, 0.05) is 18.6 Å². The zero-order chi connectivity index (χ0) is 13.8. The van der Waals surface area contributed by atoms with Crippen LogP contribution in [0.4, 0.5) is 4.39 Å². The third kappa shape index (κ3) is 4.02. The molecule has 1 heterocycles. The molecule has 0 atom stereocenters. The standard InChI is InChI=1S/C16H25FN2/c1-12(2)19-8-6-15(7-9-19)18-11-14-5-4-13(3)16(17)10-14/h4-5,10,12,15,18H,6-9,11H2,1-3H3. The third-order valence-corrected chi connectivity index (χ3v) is 4.09. The molecule has 0 spiro atoms. The number of likely N-dealkylation sites (tertiary alicyclic amines) is 1. The smallest absolute Gasteiger partial charge is 0.126 e. The molecule has 0 aromatic heterocycles. The quantitative estimate of drug-likeness (QED) is 0.899. The van der Waals surface area contributed by atoms with Gasteiger partial charge in [0.15, 0.2) is 0 Å². The number of piperidine rings is 1. The number of aryl methyl sites for hydroxylation is 1. The van der Waals surface area contributed by atoms with Crippen molar-refractivity contribution in [2.45, 2.75) is 52.2 Å². The van der Waals surface area contributed by atoms with Gasteiger partial charge in [-0.05, 0) is 63.9 Å². The highest BCUT2D eigenvalue weighted by Crippen LogP contribution is 2.14. The third-order valence-electron chi connectivity index (χ3n) is 4.09. The van der Waals surface area contributed by atoms with Crippen molar-refractivity contribution in [3.05, 3.63) is 35.1 Å². The Morgan fingerprint density at radius 1 is 1.32 bits per heavy atom. The highest BCUT2D eigenvalue weighted by molar-refractivity contribution is 5.23. The van der Waals surface area contributed by atoms with Gasteiger partial charge in [0.2, 0.25) is 0 Å². The average molecular weight is 264 g/mol. The van der Waals surface area contributed by atoms with E-state index in [2.05, 4.69) is 24.1 Å². The summed E-state index contributed by atoms with van der Waals surface area (Å²) >= 11 is 0. The zero-order valence-corrected chi connectivity index (χ0v) is 12.2. The van der Waals surface area contributed by atoms with Crippen molar-refractivity contribution in [1.29, 1.82) is 0 Å². The first-order chi connectivity index (χ1) is 9.06. The first kappa shape index (κ1) is 14.5. The molecular weight excluding hydrogens is 239 g/mol. The van der Waals surface area contributed by atoms with Gasteiger partial charge in [-0.15, -0.1) is 0 Å². The van der Waals surface area contributed by atoms with Crippen LogP contribution in [-0.4, -0.2) is 30.1 Å². The van der Waals surface area contributed by atoms with Crippen LogP contribution in [0, 0.1) is 12.7 Å². The molecule has 1 saturated heterocycles. The SMILES string of the molecule is Cc1ccc(CNC2CCN(C(C)C)CC2)cc1F. The highest BCUT2D eigenvalue weighted by Gasteiger charge is 2.20. The number of rotatable bonds is 4. The topological polar surface area (TPSA) is 15.3 Å². The first-order valence-corrected chi connectivity index (χ1v) is 7.28. The minimum Gasteiger partial charge on any atom is -0.310 e. The van der Waals surface area contributed by atoms with Gasteiger partial charge in [-0.3, -0.25) is 0 Å². The Morgan fingerprint density at radius 3 is 2.58 bits per heavy atom. The van der Waals surface area contributed by atoms with Gasteiger partial charge in [0.1, 0.15) is 5.82 Å². The van der Waals surface area contributed by atoms with Gasteiger partial charge >= 0.3 is 0 Å². The van der Waals surface area contributed by atoms with E-state index in [1.807, 2.05) is 12.1 Å². The monoisotopic (exact) mass is 264 g/mol. The average Bonchev–Trinajstić information content (AvgIpc) is 2.40.